The van der Waals surface area contributed by atoms with E-state index in [9.17, 15) is 4.79 Å². The van der Waals surface area contributed by atoms with Gasteiger partial charge in [0.2, 0.25) is 0 Å². The molecule has 0 saturated carbocycles. The van der Waals surface area contributed by atoms with Crippen molar-refractivity contribution in [3.63, 3.8) is 0 Å². The molecule has 0 saturated heterocycles. The van der Waals surface area contributed by atoms with E-state index in [1.165, 1.54) is 12.1 Å². The van der Waals surface area contributed by atoms with Gasteiger partial charge in [0, 0.05) is 17.3 Å². The second kappa shape index (κ2) is 2.99. The van der Waals surface area contributed by atoms with E-state index in [0.29, 0.717) is 11.2 Å². The van der Waals surface area contributed by atoms with Gasteiger partial charge in [-0.05, 0) is 24.3 Å². The second-order valence-corrected chi connectivity index (χ2v) is 2.94. The zero-order valence-corrected chi connectivity index (χ0v) is 7.27. The number of carboxylic acids is 1. The minimum Gasteiger partial charge on any atom is -0.478 e. The Bertz CT molecular complexity index is 508. The summed E-state index contributed by atoms with van der Waals surface area (Å²) in [5.74, 6) is -0.962. The van der Waals surface area contributed by atoms with E-state index in [0.717, 1.165) is 5.39 Å². The number of aromatic carboxylic acids is 1. The largest absolute Gasteiger partial charge is 0.478 e. The number of nitrogens with zero attached hydrogens (tertiary/aromatic N) is 1. The predicted octanol–water partition coefficient (Wildman–Crippen LogP) is 1.52. The van der Waals surface area contributed by atoms with Crippen molar-refractivity contribution in [3.05, 3.63) is 36.0 Å². The van der Waals surface area contributed by atoms with Gasteiger partial charge in [-0.2, -0.15) is 0 Å². The summed E-state index contributed by atoms with van der Waals surface area (Å²) < 4.78 is 0. The number of pyridine rings is 1. The van der Waals surface area contributed by atoms with Gasteiger partial charge in [0.05, 0.1) is 11.1 Å². The molecule has 0 aliphatic rings. The number of fused-ring (bicyclic) bond motifs is 1. The molecular weight excluding hydrogens is 180 g/mol. The van der Waals surface area contributed by atoms with Crippen LogP contribution in [0, 0.1) is 0 Å². The third kappa shape index (κ3) is 1.26. The van der Waals surface area contributed by atoms with Crippen LogP contribution in [0.5, 0.6) is 0 Å². The van der Waals surface area contributed by atoms with Crippen LogP contribution in [-0.4, -0.2) is 16.1 Å². The quantitative estimate of drug-likeness (QED) is 0.711. The van der Waals surface area contributed by atoms with Crippen LogP contribution >= 0.6 is 0 Å². The predicted molar refractivity (Wildman–Crippen MR) is 53.1 cm³/mol. The number of hydrogen-bond donors (Lipinski definition) is 2. The molecule has 14 heavy (non-hydrogen) atoms. The number of carbonyl (C=O) groups is 1. The Labute approximate surface area is 80.0 Å². The van der Waals surface area contributed by atoms with Crippen LogP contribution in [0.15, 0.2) is 30.5 Å². The van der Waals surface area contributed by atoms with Crippen LogP contribution in [0.1, 0.15) is 10.4 Å². The van der Waals surface area contributed by atoms with Gasteiger partial charge in [0.15, 0.2) is 0 Å². The molecule has 2 rings (SSSR count). The summed E-state index contributed by atoms with van der Waals surface area (Å²) in [6, 6.07) is 6.38. The molecule has 0 spiro atoms. The van der Waals surface area contributed by atoms with Crippen molar-refractivity contribution in [1.29, 1.82) is 0 Å². The first-order valence-electron chi connectivity index (χ1n) is 4.06. The molecular formula is C10H8N2O2. The number of benzene rings is 1. The molecule has 70 valence electrons. The molecule has 0 fully saturated rings. The third-order valence-corrected chi connectivity index (χ3v) is 2.02. The fourth-order valence-corrected chi connectivity index (χ4v) is 1.30. The molecule has 3 N–H and O–H groups in total. The van der Waals surface area contributed by atoms with Gasteiger partial charge < -0.3 is 10.8 Å². The molecule has 4 nitrogen and oxygen atoms in total. The number of aromatic nitrogens is 1. The summed E-state index contributed by atoms with van der Waals surface area (Å²) >= 11 is 0. The first-order valence-corrected chi connectivity index (χ1v) is 4.06. The minimum absolute atomic E-state index is 0.218. The van der Waals surface area contributed by atoms with Crippen LogP contribution in [0.2, 0.25) is 0 Å². The highest BCUT2D eigenvalue weighted by molar-refractivity contribution is 5.96. The first kappa shape index (κ1) is 8.50. The van der Waals surface area contributed by atoms with Gasteiger partial charge in [0.1, 0.15) is 0 Å². The SMILES string of the molecule is Nc1ccnc2cc(C(=O)O)ccc12. The van der Waals surface area contributed by atoms with E-state index >= 15 is 0 Å². The normalized spacial score (nSPS) is 10.3. The molecule has 0 radical (unpaired) electrons. The molecule has 0 unspecified atom stereocenters. The standard InChI is InChI=1S/C10H8N2O2/c11-8-3-4-12-9-5-6(10(13)14)1-2-7(8)9/h1-5H,(H2,11,12)(H,13,14). The molecule has 0 aliphatic carbocycles. The van der Waals surface area contributed by atoms with Gasteiger partial charge in [-0.25, -0.2) is 4.79 Å². The van der Waals surface area contributed by atoms with Gasteiger partial charge in [-0.1, -0.05) is 0 Å². The molecule has 0 bridgehead atoms. The van der Waals surface area contributed by atoms with Crippen molar-refractivity contribution in [2.24, 2.45) is 0 Å². The lowest BCUT2D eigenvalue weighted by molar-refractivity contribution is 0.0697. The average Bonchev–Trinajstić information content (AvgIpc) is 2.17. The zero-order chi connectivity index (χ0) is 10.1. The van der Waals surface area contributed by atoms with Crippen LogP contribution < -0.4 is 5.73 Å². The van der Waals surface area contributed by atoms with E-state index < -0.39 is 5.97 Å². The molecule has 1 aromatic heterocycles. The van der Waals surface area contributed by atoms with Gasteiger partial charge in [-0.15, -0.1) is 0 Å². The summed E-state index contributed by atoms with van der Waals surface area (Å²) in [7, 11) is 0. The molecule has 0 atom stereocenters. The van der Waals surface area contributed by atoms with E-state index in [2.05, 4.69) is 4.98 Å². The van der Waals surface area contributed by atoms with Crippen molar-refractivity contribution >= 4 is 22.6 Å². The zero-order valence-electron chi connectivity index (χ0n) is 7.27. The van der Waals surface area contributed by atoms with E-state index in [4.69, 9.17) is 10.8 Å². The summed E-state index contributed by atoms with van der Waals surface area (Å²) in [6.45, 7) is 0. The van der Waals surface area contributed by atoms with Crippen LogP contribution in [-0.2, 0) is 0 Å². The Morgan fingerprint density at radius 2 is 2.14 bits per heavy atom. The van der Waals surface area contributed by atoms with E-state index in [1.807, 2.05) is 0 Å². The second-order valence-electron chi connectivity index (χ2n) is 2.94. The topological polar surface area (TPSA) is 76.2 Å². The smallest absolute Gasteiger partial charge is 0.335 e. The molecule has 0 amide bonds. The number of hydrogen-bond acceptors (Lipinski definition) is 3. The third-order valence-electron chi connectivity index (χ3n) is 2.02. The number of carboxylic acid groups (broad SMARTS) is 1. The van der Waals surface area contributed by atoms with Crippen molar-refractivity contribution in [2.45, 2.75) is 0 Å². The molecule has 2 aromatic rings. The Morgan fingerprint density at radius 3 is 2.86 bits per heavy atom. The number of anilines is 1. The maximum absolute atomic E-state index is 10.7. The maximum atomic E-state index is 10.7. The highest BCUT2D eigenvalue weighted by Crippen LogP contribution is 2.19. The van der Waals surface area contributed by atoms with E-state index in [1.54, 1.807) is 18.3 Å². The van der Waals surface area contributed by atoms with E-state index in [-0.39, 0.29) is 5.56 Å². The fraction of sp³-hybridized carbons (Fsp3) is 0. The van der Waals surface area contributed by atoms with Gasteiger partial charge >= 0.3 is 5.97 Å². The number of rotatable bonds is 1. The molecule has 1 aromatic carbocycles. The minimum atomic E-state index is -0.962. The van der Waals surface area contributed by atoms with Gasteiger partial charge in [0.25, 0.3) is 0 Å². The molecule has 0 aliphatic heterocycles. The maximum Gasteiger partial charge on any atom is 0.335 e. The first-order chi connectivity index (χ1) is 6.68. The number of nitrogens with two attached hydrogens (primary N) is 1. The number of nitrogen functional groups attached to an aromatic ring is 1. The van der Waals surface area contributed by atoms with Gasteiger partial charge in [-0.3, -0.25) is 4.98 Å². The average molecular weight is 188 g/mol. The highest BCUT2D eigenvalue weighted by atomic mass is 16.4. The summed E-state index contributed by atoms with van der Waals surface area (Å²) in [4.78, 5) is 14.7. The van der Waals surface area contributed by atoms with Crippen LogP contribution in [0.25, 0.3) is 10.9 Å². The van der Waals surface area contributed by atoms with Crippen molar-refractivity contribution in [3.8, 4) is 0 Å². The fourth-order valence-electron chi connectivity index (χ4n) is 1.30. The summed E-state index contributed by atoms with van der Waals surface area (Å²) in [6.07, 6.45) is 1.56. The lowest BCUT2D eigenvalue weighted by Crippen LogP contribution is -1.97. The molecule has 4 heteroatoms. The lowest BCUT2D eigenvalue weighted by Gasteiger charge is -2.01. The highest BCUT2D eigenvalue weighted by Gasteiger charge is 2.05. The summed E-state index contributed by atoms with van der Waals surface area (Å²) in [5, 5.41) is 9.53. The van der Waals surface area contributed by atoms with Crippen molar-refractivity contribution < 1.29 is 9.90 Å². The Kier molecular flexibility index (Phi) is 1.81. The summed E-state index contributed by atoms with van der Waals surface area (Å²) in [5.41, 5.74) is 7.12. The van der Waals surface area contributed by atoms with Crippen molar-refractivity contribution in [2.75, 3.05) is 5.73 Å². The Morgan fingerprint density at radius 1 is 1.36 bits per heavy atom. The van der Waals surface area contributed by atoms with Crippen molar-refractivity contribution in [1.82, 2.24) is 4.98 Å². The Hall–Kier alpha value is -2.10. The Balaban J connectivity index is 2.73. The lowest BCUT2D eigenvalue weighted by atomic mass is 10.1. The molecule has 1 heterocycles. The van der Waals surface area contributed by atoms with Crippen LogP contribution in [0.4, 0.5) is 5.69 Å². The van der Waals surface area contributed by atoms with Crippen LogP contribution in [0.3, 0.4) is 0 Å². The monoisotopic (exact) mass is 188 g/mol.